The van der Waals surface area contributed by atoms with Gasteiger partial charge < -0.3 is 20.5 Å². The Morgan fingerprint density at radius 1 is 1.08 bits per heavy atom. The SMILES string of the molecule is C/C1=C\[C@@H](C)C/C=C/[C@H]2C=C(CO)[C@@H](C)[C@H]3[C@H](Cc4c[nH]c5ccccc45)NC(=O)[C@]32C(=O)/C=C/C(=O)[C@@H]1O. The van der Waals surface area contributed by atoms with Gasteiger partial charge in [-0.3, -0.25) is 14.4 Å². The lowest BCUT2D eigenvalue weighted by molar-refractivity contribution is -0.142. The largest absolute Gasteiger partial charge is 0.392 e. The van der Waals surface area contributed by atoms with Crippen LogP contribution in [0.15, 0.2) is 78.1 Å². The molecule has 1 spiro atoms. The second kappa shape index (κ2) is 10.5. The molecule has 39 heavy (non-hydrogen) atoms. The van der Waals surface area contributed by atoms with E-state index in [1.165, 1.54) is 6.08 Å². The molecule has 1 aliphatic heterocycles. The van der Waals surface area contributed by atoms with Crippen LogP contribution in [0.1, 0.15) is 32.8 Å². The van der Waals surface area contributed by atoms with E-state index < -0.39 is 34.9 Å². The topological polar surface area (TPSA) is 119 Å². The summed E-state index contributed by atoms with van der Waals surface area (Å²) in [5.74, 6) is -2.70. The van der Waals surface area contributed by atoms with E-state index in [1.54, 1.807) is 6.92 Å². The molecule has 204 valence electrons. The van der Waals surface area contributed by atoms with Gasteiger partial charge in [0, 0.05) is 35.0 Å². The molecule has 0 saturated carbocycles. The Morgan fingerprint density at radius 2 is 1.85 bits per heavy atom. The van der Waals surface area contributed by atoms with Crippen LogP contribution >= 0.6 is 0 Å². The molecule has 7 nitrogen and oxygen atoms in total. The Hall–Kier alpha value is -3.55. The van der Waals surface area contributed by atoms with Gasteiger partial charge in [0.25, 0.3) is 0 Å². The molecule has 2 aliphatic carbocycles. The molecule has 0 radical (unpaired) electrons. The normalized spacial score (nSPS) is 36.4. The predicted octanol–water partition coefficient (Wildman–Crippen LogP) is 3.59. The van der Waals surface area contributed by atoms with E-state index in [2.05, 4.69) is 10.3 Å². The molecule has 2 heterocycles. The van der Waals surface area contributed by atoms with Crippen LogP contribution in [0.25, 0.3) is 10.9 Å². The van der Waals surface area contributed by atoms with Gasteiger partial charge >= 0.3 is 0 Å². The number of allylic oxidation sites excluding steroid dienone is 5. The molecule has 1 aromatic carbocycles. The molecule has 3 aliphatic rings. The number of amides is 1. The monoisotopic (exact) mass is 528 g/mol. The number of carbonyl (C=O) groups excluding carboxylic acids is 3. The van der Waals surface area contributed by atoms with Crippen molar-refractivity contribution in [3.63, 3.8) is 0 Å². The molecule has 1 aromatic heterocycles. The number of benzene rings is 1. The number of fused-ring (bicyclic) bond motifs is 1. The van der Waals surface area contributed by atoms with E-state index in [-0.39, 0.29) is 30.4 Å². The summed E-state index contributed by atoms with van der Waals surface area (Å²) in [5, 5.41) is 25.0. The molecule has 7 heteroatoms. The number of hydrogen-bond donors (Lipinski definition) is 4. The highest BCUT2D eigenvalue weighted by Gasteiger charge is 2.65. The number of hydrogen-bond acceptors (Lipinski definition) is 5. The zero-order valence-corrected chi connectivity index (χ0v) is 22.6. The lowest BCUT2D eigenvalue weighted by Gasteiger charge is -2.44. The number of H-pyrrole nitrogens is 1. The van der Waals surface area contributed by atoms with Gasteiger partial charge in [0.2, 0.25) is 5.91 Å². The van der Waals surface area contributed by atoms with Crippen LogP contribution in [0.4, 0.5) is 0 Å². The first-order valence-corrected chi connectivity index (χ1v) is 13.6. The summed E-state index contributed by atoms with van der Waals surface area (Å²) in [6, 6.07) is 7.59. The van der Waals surface area contributed by atoms with Crippen LogP contribution < -0.4 is 5.32 Å². The van der Waals surface area contributed by atoms with Crippen molar-refractivity contribution in [3.05, 3.63) is 83.6 Å². The fourth-order valence-electron chi connectivity index (χ4n) is 6.93. The molecule has 0 bridgehead atoms. The van der Waals surface area contributed by atoms with Gasteiger partial charge in [0.15, 0.2) is 11.6 Å². The van der Waals surface area contributed by atoms with Gasteiger partial charge in [-0.05, 0) is 66.5 Å². The quantitative estimate of drug-likeness (QED) is 0.359. The summed E-state index contributed by atoms with van der Waals surface area (Å²) in [7, 11) is 0. The smallest absolute Gasteiger partial charge is 0.235 e. The van der Waals surface area contributed by atoms with Crippen molar-refractivity contribution in [2.75, 3.05) is 6.61 Å². The van der Waals surface area contributed by atoms with E-state index >= 15 is 0 Å². The first-order chi connectivity index (χ1) is 18.7. The third kappa shape index (κ3) is 4.53. The summed E-state index contributed by atoms with van der Waals surface area (Å²) in [6.07, 6.45) is 11.6. The predicted molar refractivity (Wildman–Crippen MR) is 150 cm³/mol. The van der Waals surface area contributed by atoms with Crippen molar-refractivity contribution < 1.29 is 24.6 Å². The lowest BCUT2D eigenvalue weighted by Crippen LogP contribution is -2.52. The number of nitrogens with one attached hydrogen (secondary N) is 2. The first kappa shape index (κ1) is 27.0. The summed E-state index contributed by atoms with van der Waals surface area (Å²) in [5.41, 5.74) is 1.87. The number of para-hydroxylation sites is 1. The van der Waals surface area contributed by atoms with Gasteiger partial charge in [-0.2, -0.15) is 0 Å². The fourth-order valence-corrected chi connectivity index (χ4v) is 6.93. The Labute approximate surface area is 228 Å². The lowest BCUT2D eigenvalue weighted by atomic mass is 9.55. The number of carbonyl (C=O) groups is 3. The molecule has 2 aromatic rings. The second-order valence-electron chi connectivity index (χ2n) is 11.3. The highest BCUT2D eigenvalue weighted by Crippen LogP contribution is 2.54. The molecule has 1 fully saturated rings. The van der Waals surface area contributed by atoms with Crippen LogP contribution in [-0.2, 0) is 20.8 Å². The first-order valence-electron chi connectivity index (χ1n) is 13.6. The van der Waals surface area contributed by atoms with Crippen LogP contribution in [0.2, 0.25) is 0 Å². The van der Waals surface area contributed by atoms with E-state index in [0.29, 0.717) is 18.4 Å². The van der Waals surface area contributed by atoms with Gasteiger partial charge in [-0.15, -0.1) is 0 Å². The standard InChI is InChI=1S/C32H36N2O5/c1-18-7-6-8-23-14-22(17-35)20(3)29-26(15-21-16-33-25-10-5-4-9-24(21)25)34-31(39)32(23,29)28(37)12-11-27(36)30(38)19(2)13-18/h4-6,8-14,16,18,20,23,26,29-30,33,35,38H,7,15,17H2,1-3H3,(H,34,39)/b8-6+,12-11+,19-13+/t18-,20+,23-,26-,29-,30+,32+/m0/s1. The Balaban J connectivity index is 1.63. The second-order valence-corrected chi connectivity index (χ2v) is 11.3. The summed E-state index contributed by atoms with van der Waals surface area (Å²) in [6.45, 7) is 5.48. The molecule has 0 unspecified atom stereocenters. The Bertz CT molecular complexity index is 1430. The van der Waals surface area contributed by atoms with Crippen molar-refractivity contribution >= 4 is 28.4 Å². The van der Waals surface area contributed by atoms with Crippen LogP contribution in [0.3, 0.4) is 0 Å². The molecule has 1 saturated heterocycles. The minimum absolute atomic E-state index is 0.0340. The van der Waals surface area contributed by atoms with Crippen LogP contribution in [0.5, 0.6) is 0 Å². The molecular weight excluding hydrogens is 492 g/mol. The number of aliphatic hydroxyl groups excluding tert-OH is 2. The number of ketones is 2. The van der Waals surface area contributed by atoms with Gasteiger partial charge in [0.05, 0.1) is 6.61 Å². The Morgan fingerprint density at radius 3 is 2.62 bits per heavy atom. The van der Waals surface area contributed by atoms with E-state index in [1.807, 2.05) is 68.6 Å². The fraction of sp³-hybridized carbons (Fsp3) is 0.406. The van der Waals surface area contributed by atoms with Crippen molar-refractivity contribution in [3.8, 4) is 0 Å². The summed E-state index contributed by atoms with van der Waals surface area (Å²) >= 11 is 0. The van der Waals surface area contributed by atoms with Crippen molar-refractivity contribution in [2.45, 2.75) is 45.8 Å². The maximum atomic E-state index is 14.1. The maximum Gasteiger partial charge on any atom is 0.235 e. The zero-order chi connectivity index (χ0) is 27.9. The van der Waals surface area contributed by atoms with Crippen molar-refractivity contribution in [1.82, 2.24) is 10.3 Å². The van der Waals surface area contributed by atoms with Gasteiger partial charge in [-0.25, -0.2) is 0 Å². The molecule has 7 atom stereocenters. The third-order valence-electron chi connectivity index (χ3n) is 8.90. The van der Waals surface area contributed by atoms with Crippen LogP contribution in [-0.4, -0.2) is 51.4 Å². The van der Waals surface area contributed by atoms with E-state index in [4.69, 9.17) is 0 Å². The maximum absolute atomic E-state index is 14.1. The molecule has 5 rings (SSSR count). The van der Waals surface area contributed by atoms with Crippen molar-refractivity contribution in [2.24, 2.45) is 29.1 Å². The van der Waals surface area contributed by atoms with Gasteiger partial charge in [0.1, 0.15) is 11.5 Å². The minimum Gasteiger partial charge on any atom is -0.392 e. The molecule has 1 amide bonds. The van der Waals surface area contributed by atoms with Crippen LogP contribution in [0, 0.1) is 29.1 Å². The molecule has 4 N–H and O–H groups in total. The average molecular weight is 529 g/mol. The minimum atomic E-state index is -1.48. The van der Waals surface area contributed by atoms with E-state index in [0.717, 1.165) is 28.1 Å². The number of aromatic amines is 1. The number of aliphatic hydroxyl groups is 2. The number of rotatable bonds is 3. The van der Waals surface area contributed by atoms with Gasteiger partial charge in [-0.1, -0.05) is 56.4 Å². The summed E-state index contributed by atoms with van der Waals surface area (Å²) in [4.78, 5) is 44.2. The number of aromatic nitrogens is 1. The summed E-state index contributed by atoms with van der Waals surface area (Å²) < 4.78 is 0. The average Bonchev–Trinajstić information content (AvgIpc) is 3.46. The third-order valence-corrected chi connectivity index (χ3v) is 8.90. The molecular formula is C32H36N2O5. The van der Waals surface area contributed by atoms with E-state index in [9.17, 15) is 24.6 Å². The zero-order valence-electron chi connectivity index (χ0n) is 22.6. The highest BCUT2D eigenvalue weighted by atomic mass is 16.3. The highest BCUT2D eigenvalue weighted by molar-refractivity contribution is 6.15. The Kier molecular flexibility index (Phi) is 7.31. The van der Waals surface area contributed by atoms with Crippen molar-refractivity contribution in [1.29, 1.82) is 0 Å².